The molecule has 0 aliphatic heterocycles. The van der Waals surface area contributed by atoms with Crippen LogP contribution in [0.4, 0.5) is 0 Å². The smallest absolute Gasteiger partial charge is 0.119 e. The lowest BCUT2D eigenvalue weighted by molar-refractivity contribution is 0.168. The molecule has 4 heteroatoms. The fourth-order valence-electron chi connectivity index (χ4n) is 3.26. The van der Waals surface area contributed by atoms with Gasteiger partial charge in [-0.1, -0.05) is 18.2 Å². The Kier molecular flexibility index (Phi) is 5.38. The summed E-state index contributed by atoms with van der Waals surface area (Å²) in [6, 6.07) is 14.3. The highest BCUT2D eigenvalue weighted by Gasteiger charge is 2.20. The Morgan fingerprint density at radius 1 is 1.04 bits per heavy atom. The Labute approximate surface area is 143 Å². The Bertz CT molecular complexity index is 669. The lowest BCUT2D eigenvalue weighted by Crippen LogP contribution is -2.37. The van der Waals surface area contributed by atoms with E-state index < -0.39 is 6.10 Å². The van der Waals surface area contributed by atoms with Crippen LogP contribution in [0.2, 0.25) is 0 Å². The number of aliphatic hydroxyl groups excluding tert-OH is 1. The summed E-state index contributed by atoms with van der Waals surface area (Å²) in [5.74, 6) is 1.71. The van der Waals surface area contributed by atoms with Gasteiger partial charge in [-0.05, 0) is 60.2 Å². The summed E-state index contributed by atoms with van der Waals surface area (Å²) in [6.45, 7) is 0.552. The number of methoxy groups -OCH3 is 2. The van der Waals surface area contributed by atoms with Gasteiger partial charge in [0, 0.05) is 12.6 Å². The molecule has 0 spiro atoms. The van der Waals surface area contributed by atoms with Gasteiger partial charge in [-0.25, -0.2) is 0 Å². The average Bonchev–Trinajstić information content (AvgIpc) is 2.65. The second kappa shape index (κ2) is 7.69. The van der Waals surface area contributed by atoms with Crippen molar-refractivity contribution in [3.05, 3.63) is 59.2 Å². The van der Waals surface area contributed by atoms with E-state index in [1.807, 2.05) is 30.3 Å². The molecule has 0 fully saturated rings. The van der Waals surface area contributed by atoms with Gasteiger partial charge < -0.3 is 19.9 Å². The van der Waals surface area contributed by atoms with Gasteiger partial charge in [-0.15, -0.1) is 0 Å². The third-order valence-corrected chi connectivity index (χ3v) is 4.74. The molecule has 24 heavy (non-hydrogen) atoms. The lowest BCUT2D eigenvalue weighted by atomic mass is 9.88. The van der Waals surface area contributed by atoms with E-state index in [0.29, 0.717) is 12.6 Å². The maximum absolute atomic E-state index is 10.4. The molecular weight excluding hydrogens is 302 g/mol. The molecular formula is C20H25NO3. The van der Waals surface area contributed by atoms with Gasteiger partial charge in [0.15, 0.2) is 0 Å². The van der Waals surface area contributed by atoms with Crippen LogP contribution in [-0.4, -0.2) is 31.9 Å². The highest BCUT2D eigenvalue weighted by Crippen LogP contribution is 2.26. The van der Waals surface area contributed by atoms with Crippen molar-refractivity contribution in [3.8, 4) is 11.5 Å². The Morgan fingerprint density at radius 3 is 2.46 bits per heavy atom. The first-order valence-electron chi connectivity index (χ1n) is 8.41. The van der Waals surface area contributed by atoms with Crippen molar-refractivity contribution in [2.45, 2.75) is 31.4 Å². The summed E-state index contributed by atoms with van der Waals surface area (Å²) in [5, 5.41) is 13.9. The van der Waals surface area contributed by atoms with Crippen LogP contribution in [0, 0.1) is 0 Å². The largest absolute Gasteiger partial charge is 0.497 e. The Morgan fingerprint density at radius 2 is 1.75 bits per heavy atom. The fourth-order valence-corrected chi connectivity index (χ4v) is 3.26. The van der Waals surface area contributed by atoms with E-state index in [9.17, 15) is 5.11 Å². The zero-order chi connectivity index (χ0) is 16.9. The number of nitrogens with one attached hydrogen (secondary N) is 1. The van der Waals surface area contributed by atoms with Gasteiger partial charge in [-0.3, -0.25) is 0 Å². The molecule has 0 saturated heterocycles. The molecule has 3 rings (SSSR count). The lowest BCUT2D eigenvalue weighted by Gasteiger charge is -2.27. The summed E-state index contributed by atoms with van der Waals surface area (Å²) >= 11 is 0. The molecule has 2 aromatic carbocycles. The topological polar surface area (TPSA) is 50.7 Å². The predicted molar refractivity (Wildman–Crippen MR) is 94.8 cm³/mol. The van der Waals surface area contributed by atoms with Crippen molar-refractivity contribution in [1.82, 2.24) is 5.32 Å². The van der Waals surface area contributed by atoms with E-state index in [-0.39, 0.29) is 0 Å². The van der Waals surface area contributed by atoms with Gasteiger partial charge in [0.1, 0.15) is 11.5 Å². The maximum Gasteiger partial charge on any atom is 0.119 e. The van der Waals surface area contributed by atoms with Crippen molar-refractivity contribution in [2.75, 3.05) is 20.8 Å². The second-order valence-corrected chi connectivity index (χ2v) is 6.27. The molecule has 0 heterocycles. The number of rotatable bonds is 6. The molecule has 128 valence electrons. The molecule has 0 saturated carbocycles. The molecule has 1 aliphatic carbocycles. The van der Waals surface area contributed by atoms with Crippen LogP contribution < -0.4 is 14.8 Å². The minimum atomic E-state index is -0.511. The number of aliphatic hydroxyl groups is 1. The first-order valence-corrected chi connectivity index (χ1v) is 8.41. The van der Waals surface area contributed by atoms with E-state index in [1.165, 1.54) is 11.1 Å². The number of hydrogen-bond donors (Lipinski definition) is 2. The van der Waals surface area contributed by atoms with Crippen LogP contribution in [-0.2, 0) is 12.8 Å². The van der Waals surface area contributed by atoms with Crippen molar-refractivity contribution < 1.29 is 14.6 Å². The van der Waals surface area contributed by atoms with E-state index in [1.54, 1.807) is 14.2 Å². The van der Waals surface area contributed by atoms with Crippen molar-refractivity contribution in [2.24, 2.45) is 0 Å². The van der Waals surface area contributed by atoms with Crippen molar-refractivity contribution >= 4 is 0 Å². The van der Waals surface area contributed by atoms with E-state index in [0.717, 1.165) is 36.3 Å². The molecule has 1 aliphatic rings. The van der Waals surface area contributed by atoms with Crippen LogP contribution in [0.15, 0.2) is 42.5 Å². The van der Waals surface area contributed by atoms with Gasteiger partial charge in [0.05, 0.1) is 20.3 Å². The van der Waals surface area contributed by atoms with Crippen LogP contribution in [0.25, 0.3) is 0 Å². The number of aryl methyl sites for hydroxylation is 1. The molecule has 4 nitrogen and oxygen atoms in total. The first kappa shape index (κ1) is 16.8. The highest BCUT2D eigenvalue weighted by atomic mass is 16.5. The zero-order valence-corrected chi connectivity index (χ0v) is 14.3. The third kappa shape index (κ3) is 3.89. The molecule has 2 atom stereocenters. The maximum atomic E-state index is 10.4. The van der Waals surface area contributed by atoms with Crippen molar-refractivity contribution in [1.29, 1.82) is 0 Å². The number of ether oxygens (including phenoxy) is 2. The molecule has 0 bridgehead atoms. The normalized spacial score (nSPS) is 17.9. The Balaban J connectivity index is 1.56. The highest BCUT2D eigenvalue weighted by molar-refractivity contribution is 5.38. The van der Waals surface area contributed by atoms with E-state index in [2.05, 4.69) is 17.4 Å². The number of fused-ring (bicyclic) bond motifs is 1. The van der Waals surface area contributed by atoms with Crippen LogP contribution in [0.5, 0.6) is 11.5 Å². The van der Waals surface area contributed by atoms with Gasteiger partial charge in [-0.2, -0.15) is 0 Å². The summed E-state index contributed by atoms with van der Waals surface area (Å²) in [6.07, 6.45) is 2.62. The van der Waals surface area contributed by atoms with Gasteiger partial charge in [0.2, 0.25) is 0 Å². The van der Waals surface area contributed by atoms with Crippen LogP contribution in [0.3, 0.4) is 0 Å². The third-order valence-electron chi connectivity index (χ3n) is 4.74. The predicted octanol–water partition coefficient (Wildman–Crippen LogP) is 2.88. The minimum absolute atomic E-state index is 0.387. The summed E-state index contributed by atoms with van der Waals surface area (Å²) in [7, 11) is 3.34. The molecule has 0 amide bonds. The molecule has 2 aromatic rings. The van der Waals surface area contributed by atoms with Gasteiger partial charge >= 0.3 is 0 Å². The molecule has 2 N–H and O–H groups in total. The second-order valence-electron chi connectivity index (χ2n) is 6.27. The van der Waals surface area contributed by atoms with E-state index >= 15 is 0 Å². The first-order chi connectivity index (χ1) is 11.7. The van der Waals surface area contributed by atoms with Crippen molar-refractivity contribution in [3.63, 3.8) is 0 Å². The SMILES string of the molecule is COc1ccc(C(O)CNC2CCc3ccc(OC)cc3C2)cc1. The summed E-state index contributed by atoms with van der Waals surface area (Å²) in [5.41, 5.74) is 3.66. The Hall–Kier alpha value is -2.04. The van der Waals surface area contributed by atoms with Crippen LogP contribution >= 0.6 is 0 Å². The van der Waals surface area contributed by atoms with Gasteiger partial charge in [0.25, 0.3) is 0 Å². The number of hydrogen-bond acceptors (Lipinski definition) is 4. The number of benzene rings is 2. The quantitative estimate of drug-likeness (QED) is 0.856. The minimum Gasteiger partial charge on any atom is -0.497 e. The summed E-state index contributed by atoms with van der Waals surface area (Å²) < 4.78 is 10.5. The molecule has 2 unspecified atom stereocenters. The molecule has 0 aromatic heterocycles. The fraction of sp³-hybridized carbons (Fsp3) is 0.400. The summed E-state index contributed by atoms with van der Waals surface area (Å²) in [4.78, 5) is 0. The zero-order valence-electron chi connectivity index (χ0n) is 14.3. The average molecular weight is 327 g/mol. The van der Waals surface area contributed by atoms with E-state index in [4.69, 9.17) is 9.47 Å². The monoisotopic (exact) mass is 327 g/mol. The van der Waals surface area contributed by atoms with Crippen LogP contribution in [0.1, 0.15) is 29.2 Å². The molecule has 0 radical (unpaired) electrons. The standard InChI is InChI=1S/C20H25NO3/c1-23-18-8-5-15(6-9-18)20(22)13-21-17-7-3-14-4-10-19(24-2)12-16(14)11-17/h4-6,8-10,12,17,20-22H,3,7,11,13H2,1-2H3.